The molecule has 23 heavy (non-hydrogen) atoms. The fourth-order valence-electron chi connectivity index (χ4n) is 2.12. The highest BCUT2D eigenvalue weighted by Gasteiger charge is 2.22. The highest BCUT2D eigenvalue weighted by molar-refractivity contribution is 7.89. The van der Waals surface area contributed by atoms with Crippen LogP contribution in [0.2, 0.25) is 15.1 Å². The molecule has 1 aromatic heterocycles. The summed E-state index contributed by atoms with van der Waals surface area (Å²) in [6.45, 7) is 0. The zero-order chi connectivity index (χ0) is 16.8. The fraction of sp³-hybridized carbons (Fsp3) is 0. The number of furan rings is 1. The Hall–Kier alpha value is -1.28. The average molecular weight is 392 g/mol. The van der Waals surface area contributed by atoms with Gasteiger partial charge in [-0.15, -0.1) is 0 Å². The molecule has 0 atom stereocenters. The van der Waals surface area contributed by atoms with Crippen molar-refractivity contribution in [3.8, 4) is 11.3 Å². The van der Waals surface area contributed by atoms with Crippen molar-refractivity contribution < 1.29 is 12.8 Å². The number of sulfonamides is 1. The van der Waals surface area contributed by atoms with Crippen molar-refractivity contribution in [2.75, 3.05) is 0 Å². The van der Waals surface area contributed by atoms with Gasteiger partial charge >= 0.3 is 0 Å². The molecule has 0 spiro atoms. The van der Waals surface area contributed by atoms with E-state index in [-0.39, 0.29) is 14.9 Å². The van der Waals surface area contributed by atoms with Crippen LogP contribution in [0.3, 0.4) is 0 Å². The van der Waals surface area contributed by atoms with E-state index in [1.54, 1.807) is 29.1 Å². The minimum atomic E-state index is -3.92. The van der Waals surface area contributed by atoms with E-state index in [1.807, 2.05) is 0 Å². The van der Waals surface area contributed by atoms with Gasteiger partial charge in [0, 0.05) is 22.0 Å². The van der Waals surface area contributed by atoms with Crippen LogP contribution in [0.25, 0.3) is 22.3 Å². The van der Waals surface area contributed by atoms with E-state index >= 15 is 0 Å². The molecule has 0 radical (unpaired) electrons. The number of fused-ring (bicyclic) bond motifs is 1. The van der Waals surface area contributed by atoms with Gasteiger partial charge < -0.3 is 4.42 Å². The molecule has 120 valence electrons. The first kappa shape index (κ1) is 16.6. The molecule has 0 saturated carbocycles. The van der Waals surface area contributed by atoms with Gasteiger partial charge in [0.2, 0.25) is 0 Å². The molecule has 9 heteroatoms. The second kappa shape index (κ2) is 5.98. The highest BCUT2D eigenvalue weighted by atomic mass is 35.5. The zero-order valence-electron chi connectivity index (χ0n) is 11.3. The number of hydrogen-bond acceptors (Lipinski definition) is 4. The smallest absolute Gasteiger partial charge is 0.254 e. The van der Waals surface area contributed by atoms with Crippen LogP contribution in [0.1, 0.15) is 0 Å². The third-order valence-electron chi connectivity index (χ3n) is 3.23. The second-order valence-corrected chi connectivity index (χ2v) is 7.56. The third-order valence-corrected chi connectivity index (χ3v) is 5.51. The van der Waals surface area contributed by atoms with Crippen molar-refractivity contribution in [1.82, 2.24) is 4.83 Å². The summed E-state index contributed by atoms with van der Waals surface area (Å²) in [6.07, 6.45) is 0. The van der Waals surface area contributed by atoms with E-state index in [1.165, 1.54) is 12.1 Å². The first-order valence-electron chi connectivity index (χ1n) is 6.23. The summed E-state index contributed by atoms with van der Waals surface area (Å²) in [4.78, 5) is 1.55. The lowest BCUT2D eigenvalue weighted by molar-refractivity contribution is 0.584. The van der Waals surface area contributed by atoms with E-state index in [0.717, 1.165) is 0 Å². The van der Waals surface area contributed by atoms with Gasteiger partial charge in [-0.05, 0) is 30.3 Å². The molecule has 2 aromatic carbocycles. The molecule has 0 fully saturated rings. The topological polar surface area (TPSA) is 85.3 Å². The number of rotatable bonds is 3. The fourth-order valence-corrected chi connectivity index (χ4v) is 3.72. The molecule has 0 unspecified atom stereocenters. The van der Waals surface area contributed by atoms with E-state index < -0.39 is 10.0 Å². The molecular weight excluding hydrogens is 383 g/mol. The predicted octanol–water partition coefficient (Wildman–Crippen LogP) is 4.21. The van der Waals surface area contributed by atoms with Crippen molar-refractivity contribution in [3.63, 3.8) is 0 Å². The molecule has 0 aliphatic carbocycles. The lowest BCUT2D eigenvalue weighted by Crippen LogP contribution is -2.30. The van der Waals surface area contributed by atoms with Crippen LogP contribution in [0.5, 0.6) is 0 Å². The first-order chi connectivity index (χ1) is 10.8. The van der Waals surface area contributed by atoms with E-state index in [9.17, 15) is 8.42 Å². The average Bonchev–Trinajstić information content (AvgIpc) is 2.83. The van der Waals surface area contributed by atoms with Crippen LogP contribution in [-0.2, 0) is 10.0 Å². The van der Waals surface area contributed by atoms with Gasteiger partial charge in [-0.1, -0.05) is 34.8 Å². The number of hydrazine groups is 1. The number of benzene rings is 2. The maximum atomic E-state index is 11.9. The highest BCUT2D eigenvalue weighted by Crippen LogP contribution is 2.40. The van der Waals surface area contributed by atoms with Gasteiger partial charge in [0.05, 0.1) is 10.0 Å². The number of nitrogens with one attached hydrogen (secondary N) is 1. The van der Waals surface area contributed by atoms with Crippen molar-refractivity contribution in [1.29, 1.82) is 0 Å². The standard InChI is InChI=1S/C14H9Cl3N2O3S/c15-8-3-1-7(2-4-8)14-13(17)9-5-12(23(20,21)19-18)10(16)6-11(9)22-14/h1-6,19H,18H2. The Morgan fingerprint density at radius 1 is 1.04 bits per heavy atom. The molecule has 3 rings (SSSR count). The van der Waals surface area contributed by atoms with Gasteiger partial charge in [0.25, 0.3) is 10.0 Å². The van der Waals surface area contributed by atoms with E-state index in [0.29, 0.717) is 27.3 Å². The normalized spacial score (nSPS) is 12.0. The molecule has 3 N–H and O–H groups in total. The van der Waals surface area contributed by atoms with Crippen LogP contribution in [0, 0.1) is 0 Å². The quantitative estimate of drug-likeness (QED) is 0.517. The molecule has 1 heterocycles. The largest absolute Gasteiger partial charge is 0.454 e. The monoisotopic (exact) mass is 390 g/mol. The van der Waals surface area contributed by atoms with Crippen molar-refractivity contribution in [3.05, 3.63) is 51.5 Å². The van der Waals surface area contributed by atoms with Gasteiger partial charge in [0.15, 0.2) is 5.76 Å². The molecular formula is C14H9Cl3N2O3S. The number of halogens is 3. The van der Waals surface area contributed by atoms with Crippen LogP contribution in [-0.4, -0.2) is 8.42 Å². The Morgan fingerprint density at radius 2 is 1.70 bits per heavy atom. The summed E-state index contributed by atoms with van der Waals surface area (Å²) in [5.41, 5.74) is 1.06. The van der Waals surface area contributed by atoms with Crippen LogP contribution in [0.4, 0.5) is 0 Å². The Kier molecular flexibility index (Phi) is 4.31. The maximum Gasteiger partial charge on any atom is 0.254 e. The Labute approximate surface area is 146 Å². The molecule has 0 aliphatic heterocycles. The lowest BCUT2D eigenvalue weighted by Gasteiger charge is -2.04. The summed E-state index contributed by atoms with van der Waals surface area (Å²) in [5.74, 6) is 5.43. The molecule has 0 aliphatic rings. The number of nitrogens with two attached hydrogens (primary N) is 1. The molecule has 3 aromatic rings. The summed E-state index contributed by atoms with van der Waals surface area (Å²) >= 11 is 18.2. The SMILES string of the molecule is NNS(=O)(=O)c1cc2c(Cl)c(-c3ccc(Cl)cc3)oc2cc1Cl. The minimum Gasteiger partial charge on any atom is -0.454 e. The molecule has 0 bridgehead atoms. The third kappa shape index (κ3) is 2.94. The number of hydrogen-bond donors (Lipinski definition) is 2. The van der Waals surface area contributed by atoms with Crippen LogP contribution < -0.4 is 10.7 Å². The minimum absolute atomic E-state index is 0.0245. The van der Waals surface area contributed by atoms with Gasteiger partial charge in [-0.25, -0.2) is 8.42 Å². The summed E-state index contributed by atoms with van der Waals surface area (Å²) < 4.78 is 29.5. The van der Waals surface area contributed by atoms with Gasteiger partial charge in [-0.2, -0.15) is 4.83 Å². The Bertz CT molecular complexity index is 998. The van der Waals surface area contributed by atoms with Crippen LogP contribution in [0.15, 0.2) is 45.7 Å². The summed E-state index contributed by atoms with van der Waals surface area (Å²) in [7, 11) is -3.92. The predicted molar refractivity (Wildman–Crippen MR) is 91.2 cm³/mol. The molecule has 5 nitrogen and oxygen atoms in total. The molecule has 0 saturated heterocycles. The van der Waals surface area contributed by atoms with E-state index in [2.05, 4.69) is 0 Å². The summed E-state index contributed by atoms with van der Waals surface area (Å²) in [6, 6.07) is 9.58. The second-order valence-electron chi connectivity index (χ2n) is 4.65. The van der Waals surface area contributed by atoms with Gasteiger partial charge in [0.1, 0.15) is 10.5 Å². The van der Waals surface area contributed by atoms with Crippen molar-refractivity contribution in [2.45, 2.75) is 4.90 Å². The van der Waals surface area contributed by atoms with Crippen LogP contribution >= 0.6 is 34.8 Å². The van der Waals surface area contributed by atoms with Crippen molar-refractivity contribution in [2.24, 2.45) is 5.84 Å². The van der Waals surface area contributed by atoms with E-state index in [4.69, 9.17) is 45.1 Å². The Balaban J connectivity index is 2.25. The Morgan fingerprint density at radius 3 is 2.30 bits per heavy atom. The first-order valence-corrected chi connectivity index (χ1v) is 8.85. The van der Waals surface area contributed by atoms with Crippen molar-refractivity contribution >= 4 is 55.8 Å². The summed E-state index contributed by atoms with van der Waals surface area (Å²) in [5, 5.41) is 1.23. The van der Waals surface area contributed by atoms with Gasteiger partial charge in [-0.3, -0.25) is 5.84 Å². The maximum absolute atomic E-state index is 11.9. The zero-order valence-corrected chi connectivity index (χ0v) is 14.4. The molecule has 0 amide bonds. The lowest BCUT2D eigenvalue weighted by atomic mass is 10.1.